The van der Waals surface area contributed by atoms with Gasteiger partial charge in [-0.2, -0.15) is 4.68 Å². The minimum Gasteiger partial charge on any atom is -0.506 e. The normalized spacial score (nSPS) is 11.2. The molecule has 2 aromatic carbocycles. The Balaban J connectivity index is 2.06. The highest BCUT2D eigenvalue weighted by molar-refractivity contribution is 6.35. The molecule has 0 saturated heterocycles. The van der Waals surface area contributed by atoms with Gasteiger partial charge in [-0.15, -0.1) is 5.10 Å². The molecule has 7 heteroatoms. The largest absolute Gasteiger partial charge is 0.506 e. The quantitative estimate of drug-likeness (QED) is 0.694. The molecule has 26 heavy (non-hydrogen) atoms. The molecule has 0 spiro atoms. The first-order valence-electron chi connectivity index (χ1n) is 8.01. The first-order chi connectivity index (χ1) is 12.2. The van der Waals surface area contributed by atoms with E-state index >= 15 is 0 Å². The summed E-state index contributed by atoms with van der Waals surface area (Å²) in [6, 6.07) is 4.93. The van der Waals surface area contributed by atoms with Crippen LogP contribution in [-0.2, 0) is 6.54 Å². The van der Waals surface area contributed by atoms with Crippen LogP contribution in [0.3, 0.4) is 0 Å². The highest BCUT2D eigenvalue weighted by atomic mass is 35.5. The smallest absolute Gasteiger partial charge is 0.437 e. The van der Waals surface area contributed by atoms with Crippen molar-refractivity contribution < 1.29 is 9.52 Å². The number of phenols is 1. The van der Waals surface area contributed by atoms with Crippen molar-refractivity contribution in [3.05, 3.63) is 66.6 Å². The molecule has 0 radical (unpaired) electrons. The molecule has 5 nitrogen and oxygen atoms in total. The molecule has 0 saturated carbocycles. The van der Waals surface area contributed by atoms with Gasteiger partial charge in [0.2, 0.25) is 5.89 Å². The van der Waals surface area contributed by atoms with Crippen LogP contribution in [0.1, 0.15) is 27.8 Å². The fourth-order valence-corrected chi connectivity index (χ4v) is 3.39. The minimum absolute atomic E-state index is 0.00266. The third-order valence-electron chi connectivity index (χ3n) is 4.75. The zero-order chi connectivity index (χ0) is 19.2. The van der Waals surface area contributed by atoms with Gasteiger partial charge in [-0.1, -0.05) is 23.2 Å². The lowest BCUT2D eigenvalue weighted by Crippen LogP contribution is -2.16. The number of aryl methyl sites for hydroxylation is 1. The fourth-order valence-electron chi connectivity index (χ4n) is 2.85. The summed E-state index contributed by atoms with van der Waals surface area (Å²) in [5.41, 5.74) is 5.60. The summed E-state index contributed by atoms with van der Waals surface area (Å²) >= 11 is 11.9. The van der Waals surface area contributed by atoms with Crippen LogP contribution >= 0.6 is 23.2 Å². The molecule has 0 aliphatic carbocycles. The van der Waals surface area contributed by atoms with E-state index in [9.17, 15) is 9.90 Å². The molecule has 0 aliphatic heterocycles. The van der Waals surface area contributed by atoms with Crippen LogP contribution < -0.4 is 5.76 Å². The van der Waals surface area contributed by atoms with Crippen molar-refractivity contribution in [2.45, 2.75) is 34.2 Å². The van der Waals surface area contributed by atoms with Gasteiger partial charge < -0.3 is 9.52 Å². The molecule has 0 atom stereocenters. The van der Waals surface area contributed by atoms with E-state index < -0.39 is 5.76 Å². The fraction of sp³-hybridized carbons (Fsp3) is 0.263. The number of hydrogen-bond acceptors (Lipinski definition) is 4. The van der Waals surface area contributed by atoms with Gasteiger partial charge >= 0.3 is 5.76 Å². The summed E-state index contributed by atoms with van der Waals surface area (Å²) in [5, 5.41) is 14.8. The zero-order valence-electron chi connectivity index (χ0n) is 14.9. The van der Waals surface area contributed by atoms with Crippen molar-refractivity contribution in [3.63, 3.8) is 0 Å². The number of rotatable bonds is 3. The minimum atomic E-state index is -0.620. The van der Waals surface area contributed by atoms with Gasteiger partial charge in [0.25, 0.3) is 0 Å². The number of aromatic hydroxyl groups is 1. The lowest BCUT2D eigenvalue weighted by atomic mass is 9.94. The molecule has 1 N–H and O–H groups in total. The Morgan fingerprint density at radius 3 is 2.46 bits per heavy atom. The third kappa shape index (κ3) is 3.24. The Morgan fingerprint density at radius 1 is 1.08 bits per heavy atom. The van der Waals surface area contributed by atoms with Gasteiger partial charge in [0.15, 0.2) is 0 Å². The van der Waals surface area contributed by atoms with Crippen molar-refractivity contribution in [3.8, 4) is 17.2 Å². The molecule has 1 heterocycles. The average molecular weight is 393 g/mol. The lowest BCUT2D eigenvalue weighted by molar-refractivity contribution is 0.457. The SMILES string of the molecule is Cc1cc(-c2nn(Cc3cc(Cl)cc(Cl)c3O)c(=O)o2)c(C)c(C)c1C. The highest BCUT2D eigenvalue weighted by Gasteiger charge is 2.17. The maximum Gasteiger partial charge on any atom is 0.437 e. The van der Waals surface area contributed by atoms with E-state index in [0.717, 1.165) is 26.9 Å². The summed E-state index contributed by atoms with van der Waals surface area (Å²) < 4.78 is 6.49. The van der Waals surface area contributed by atoms with Gasteiger partial charge in [0.05, 0.1) is 11.6 Å². The molecular weight excluding hydrogens is 375 g/mol. The number of hydrogen-bond donors (Lipinski definition) is 1. The van der Waals surface area contributed by atoms with Gasteiger partial charge in [0.1, 0.15) is 5.75 Å². The summed E-state index contributed by atoms with van der Waals surface area (Å²) in [6.07, 6.45) is 0. The molecule has 3 aromatic rings. The monoisotopic (exact) mass is 392 g/mol. The Hall–Kier alpha value is -2.24. The van der Waals surface area contributed by atoms with Crippen molar-refractivity contribution in [2.75, 3.05) is 0 Å². The second kappa shape index (κ2) is 6.82. The number of halogens is 2. The van der Waals surface area contributed by atoms with E-state index in [1.165, 1.54) is 17.7 Å². The van der Waals surface area contributed by atoms with E-state index in [0.29, 0.717) is 10.6 Å². The lowest BCUT2D eigenvalue weighted by Gasteiger charge is -2.11. The van der Waals surface area contributed by atoms with Gasteiger partial charge in [-0.25, -0.2) is 4.79 Å². The van der Waals surface area contributed by atoms with Crippen molar-refractivity contribution in [2.24, 2.45) is 0 Å². The van der Waals surface area contributed by atoms with E-state index in [2.05, 4.69) is 12.0 Å². The van der Waals surface area contributed by atoms with Crippen LogP contribution in [0.15, 0.2) is 27.4 Å². The topological polar surface area (TPSA) is 68.3 Å². The standard InChI is InChI=1S/C19H18Cl2N2O3/c1-9-5-15(12(4)11(3)10(9)2)18-22-23(19(25)26-18)8-13-6-14(20)7-16(21)17(13)24/h5-7,24H,8H2,1-4H3. The van der Waals surface area contributed by atoms with E-state index in [1.54, 1.807) is 0 Å². The maximum absolute atomic E-state index is 12.2. The van der Waals surface area contributed by atoms with Gasteiger partial charge in [-0.3, -0.25) is 0 Å². The highest BCUT2D eigenvalue weighted by Crippen LogP contribution is 2.32. The molecule has 3 rings (SSSR count). The molecule has 1 aromatic heterocycles. The predicted molar refractivity (Wildman–Crippen MR) is 102 cm³/mol. The summed E-state index contributed by atoms with van der Waals surface area (Å²) in [6.45, 7) is 8.06. The molecule has 0 unspecified atom stereocenters. The maximum atomic E-state index is 12.2. The van der Waals surface area contributed by atoms with Gasteiger partial charge in [-0.05, 0) is 68.1 Å². The second-order valence-electron chi connectivity index (χ2n) is 6.34. The molecule has 136 valence electrons. The van der Waals surface area contributed by atoms with Crippen LogP contribution in [-0.4, -0.2) is 14.9 Å². The molecule has 0 amide bonds. The molecule has 0 fully saturated rings. The van der Waals surface area contributed by atoms with Crippen LogP contribution in [0.5, 0.6) is 5.75 Å². The Bertz CT molecular complexity index is 1070. The summed E-state index contributed by atoms with van der Waals surface area (Å²) in [7, 11) is 0. The van der Waals surface area contributed by atoms with Crippen LogP contribution in [0.2, 0.25) is 10.0 Å². The van der Waals surface area contributed by atoms with E-state index in [4.69, 9.17) is 27.6 Å². The molecular formula is C19H18Cl2N2O3. The molecule has 0 bridgehead atoms. The Morgan fingerprint density at radius 2 is 1.77 bits per heavy atom. The number of aromatic nitrogens is 2. The summed E-state index contributed by atoms with van der Waals surface area (Å²) in [5.74, 6) is -0.511. The average Bonchev–Trinajstić information content (AvgIpc) is 2.94. The van der Waals surface area contributed by atoms with Crippen molar-refractivity contribution in [1.82, 2.24) is 9.78 Å². The van der Waals surface area contributed by atoms with E-state index in [-0.39, 0.29) is 23.2 Å². The number of benzene rings is 2. The number of nitrogens with zero attached hydrogens (tertiary/aromatic N) is 2. The van der Waals surface area contributed by atoms with Gasteiger partial charge in [0, 0.05) is 16.1 Å². The first-order valence-corrected chi connectivity index (χ1v) is 8.77. The molecule has 0 aliphatic rings. The predicted octanol–water partition coefficient (Wildman–Crippen LogP) is 4.80. The first kappa shape index (κ1) is 18.5. The van der Waals surface area contributed by atoms with Crippen molar-refractivity contribution in [1.29, 1.82) is 0 Å². The van der Waals surface area contributed by atoms with Crippen LogP contribution in [0, 0.1) is 27.7 Å². The third-order valence-corrected chi connectivity index (χ3v) is 5.25. The van der Waals surface area contributed by atoms with Crippen molar-refractivity contribution >= 4 is 23.2 Å². The Labute approximate surface area is 160 Å². The number of phenolic OH excluding ortho intramolecular Hbond substituents is 1. The Kier molecular flexibility index (Phi) is 4.86. The van der Waals surface area contributed by atoms with E-state index in [1.807, 2.05) is 26.8 Å². The van der Waals surface area contributed by atoms with Crippen LogP contribution in [0.25, 0.3) is 11.5 Å². The second-order valence-corrected chi connectivity index (χ2v) is 7.19. The van der Waals surface area contributed by atoms with Crippen LogP contribution in [0.4, 0.5) is 0 Å². The zero-order valence-corrected chi connectivity index (χ0v) is 16.4. The summed E-state index contributed by atoms with van der Waals surface area (Å²) in [4.78, 5) is 12.2.